The largest absolute Gasteiger partial charge is 0.380 e. The molecule has 0 unspecified atom stereocenters. The minimum Gasteiger partial charge on any atom is -0.380 e. The van der Waals surface area contributed by atoms with Gasteiger partial charge in [0.2, 0.25) is 0 Å². The fraction of sp³-hybridized carbons (Fsp3) is 0.714. The van der Waals surface area contributed by atoms with Gasteiger partial charge in [0, 0.05) is 31.2 Å². The molecule has 5 nitrogen and oxygen atoms in total. The molecule has 0 aliphatic rings. The lowest BCUT2D eigenvalue weighted by Crippen LogP contribution is -2.20. The van der Waals surface area contributed by atoms with Gasteiger partial charge in [0.15, 0.2) is 0 Å². The maximum absolute atomic E-state index is 5.33. The molecule has 19 heavy (non-hydrogen) atoms. The van der Waals surface area contributed by atoms with Crippen molar-refractivity contribution in [3.63, 3.8) is 0 Å². The molecule has 0 aromatic carbocycles. The van der Waals surface area contributed by atoms with E-state index >= 15 is 0 Å². The SMILES string of the molecule is CCOCCNc1nc(C(C)(C)C)nc(NC)c1C. The normalized spacial score (nSPS) is 11.5. The van der Waals surface area contributed by atoms with Crippen LogP contribution in [0.25, 0.3) is 0 Å². The Kier molecular flexibility index (Phi) is 5.54. The summed E-state index contributed by atoms with van der Waals surface area (Å²) >= 11 is 0. The van der Waals surface area contributed by atoms with Gasteiger partial charge >= 0.3 is 0 Å². The van der Waals surface area contributed by atoms with Crippen molar-refractivity contribution in [2.45, 2.75) is 40.0 Å². The van der Waals surface area contributed by atoms with Crippen molar-refractivity contribution >= 4 is 11.6 Å². The molecule has 0 aliphatic carbocycles. The van der Waals surface area contributed by atoms with E-state index < -0.39 is 0 Å². The highest BCUT2D eigenvalue weighted by Crippen LogP contribution is 2.25. The molecule has 1 rings (SSSR count). The maximum Gasteiger partial charge on any atom is 0.138 e. The van der Waals surface area contributed by atoms with Gasteiger partial charge in [-0.2, -0.15) is 0 Å². The second kappa shape index (κ2) is 6.70. The summed E-state index contributed by atoms with van der Waals surface area (Å²) in [5.41, 5.74) is 0.960. The molecule has 108 valence electrons. The van der Waals surface area contributed by atoms with Crippen molar-refractivity contribution in [1.29, 1.82) is 0 Å². The molecule has 1 heterocycles. The van der Waals surface area contributed by atoms with Crippen LogP contribution in [0, 0.1) is 6.92 Å². The van der Waals surface area contributed by atoms with Crippen LogP contribution in [0.4, 0.5) is 11.6 Å². The van der Waals surface area contributed by atoms with Gasteiger partial charge in [-0.3, -0.25) is 0 Å². The molecule has 0 spiro atoms. The summed E-state index contributed by atoms with van der Waals surface area (Å²) in [4.78, 5) is 9.21. The molecule has 0 saturated carbocycles. The number of ether oxygens (including phenoxy) is 1. The number of nitrogens with zero attached hydrogens (tertiary/aromatic N) is 2. The summed E-state index contributed by atoms with van der Waals surface area (Å²) in [6.07, 6.45) is 0. The average Bonchev–Trinajstić information content (AvgIpc) is 2.35. The minimum absolute atomic E-state index is 0.0738. The summed E-state index contributed by atoms with van der Waals surface area (Å²) in [6, 6.07) is 0. The topological polar surface area (TPSA) is 59.1 Å². The van der Waals surface area contributed by atoms with Crippen LogP contribution < -0.4 is 10.6 Å². The predicted molar refractivity (Wildman–Crippen MR) is 80.0 cm³/mol. The highest BCUT2D eigenvalue weighted by atomic mass is 16.5. The fourth-order valence-electron chi connectivity index (χ4n) is 1.65. The lowest BCUT2D eigenvalue weighted by molar-refractivity contribution is 0.158. The Morgan fingerprint density at radius 1 is 1.16 bits per heavy atom. The summed E-state index contributed by atoms with van der Waals surface area (Å²) in [7, 11) is 1.88. The van der Waals surface area contributed by atoms with Gasteiger partial charge in [-0.05, 0) is 13.8 Å². The third-order valence-corrected chi connectivity index (χ3v) is 2.80. The van der Waals surface area contributed by atoms with E-state index in [4.69, 9.17) is 4.74 Å². The molecule has 5 heteroatoms. The van der Waals surface area contributed by atoms with Crippen LogP contribution >= 0.6 is 0 Å². The van der Waals surface area contributed by atoms with E-state index in [1.54, 1.807) is 0 Å². The Labute approximate surface area is 116 Å². The highest BCUT2D eigenvalue weighted by Gasteiger charge is 2.20. The Hall–Kier alpha value is -1.36. The van der Waals surface area contributed by atoms with E-state index in [-0.39, 0.29) is 5.41 Å². The summed E-state index contributed by atoms with van der Waals surface area (Å²) in [5.74, 6) is 2.59. The lowest BCUT2D eigenvalue weighted by Gasteiger charge is -2.20. The molecule has 0 fully saturated rings. The average molecular weight is 266 g/mol. The minimum atomic E-state index is -0.0738. The molecule has 0 aliphatic heterocycles. The smallest absolute Gasteiger partial charge is 0.138 e. The monoisotopic (exact) mass is 266 g/mol. The molecule has 0 saturated heterocycles. The van der Waals surface area contributed by atoms with Gasteiger partial charge in [-0.25, -0.2) is 9.97 Å². The molecule has 0 amide bonds. The zero-order valence-corrected chi connectivity index (χ0v) is 12.9. The number of anilines is 2. The number of nitrogens with one attached hydrogen (secondary N) is 2. The van der Waals surface area contributed by atoms with Gasteiger partial charge in [0.05, 0.1) is 6.61 Å². The van der Waals surface area contributed by atoms with Crippen LogP contribution in [0.15, 0.2) is 0 Å². The molecule has 0 atom stereocenters. The van der Waals surface area contributed by atoms with Crippen molar-refractivity contribution in [1.82, 2.24) is 9.97 Å². The Balaban J connectivity index is 2.95. The van der Waals surface area contributed by atoms with E-state index in [1.807, 2.05) is 20.9 Å². The Morgan fingerprint density at radius 2 is 1.79 bits per heavy atom. The van der Waals surface area contributed by atoms with E-state index in [1.165, 1.54) is 0 Å². The van der Waals surface area contributed by atoms with Crippen molar-refractivity contribution in [2.75, 3.05) is 37.4 Å². The van der Waals surface area contributed by atoms with Crippen LogP contribution in [-0.4, -0.2) is 36.8 Å². The fourth-order valence-corrected chi connectivity index (χ4v) is 1.65. The molecule has 1 aromatic rings. The second-order valence-corrected chi connectivity index (χ2v) is 5.49. The molecule has 1 aromatic heterocycles. The zero-order chi connectivity index (χ0) is 14.5. The molecule has 0 radical (unpaired) electrons. The van der Waals surface area contributed by atoms with Gasteiger partial charge in [0.25, 0.3) is 0 Å². The van der Waals surface area contributed by atoms with E-state index in [2.05, 4.69) is 41.4 Å². The maximum atomic E-state index is 5.33. The van der Waals surface area contributed by atoms with E-state index in [0.29, 0.717) is 6.61 Å². The first-order valence-electron chi connectivity index (χ1n) is 6.78. The number of rotatable bonds is 6. The van der Waals surface area contributed by atoms with Crippen LogP contribution in [0.3, 0.4) is 0 Å². The highest BCUT2D eigenvalue weighted by molar-refractivity contribution is 5.57. The number of aromatic nitrogens is 2. The number of hydrogen-bond donors (Lipinski definition) is 2. The van der Waals surface area contributed by atoms with Gasteiger partial charge in [0.1, 0.15) is 17.5 Å². The molecule has 0 bridgehead atoms. The van der Waals surface area contributed by atoms with Crippen molar-refractivity contribution in [2.24, 2.45) is 0 Å². The predicted octanol–water partition coefficient (Wildman–Crippen LogP) is 2.57. The first-order valence-corrected chi connectivity index (χ1v) is 6.78. The van der Waals surface area contributed by atoms with Gasteiger partial charge < -0.3 is 15.4 Å². The second-order valence-electron chi connectivity index (χ2n) is 5.49. The Morgan fingerprint density at radius 3 is 2.32 bits per heavy atom. The van der Waals surface area contributed by atoms with E-state index in [9.17, 15) is 0 Å². The van der Waals surface area contributed by atoms with Gasteiger partial charge in [-0.15, -0.1) is 0 Å². The summed E-state index contributed by atoms with van der Waals surface area (Å²) in [6.45, 7) is 12.5. The van der Waals surface area contributed by atoms with Crippen molar-refractivity contribution in [3.8, 4) is 0 Å². The van der Waals surface area contributed by atoms with Crippen LogP contribution in [0.2, 0.25) is 0 Å². The van der Waals surface area contributed by atoms with Crippen molar-refractivity contribution < 1.29 is 4.74 Å². The van der Waals surface area contributed by atoms with Gasteiger partial charge in [-0.1, -0.05) is 20.8 Å². The third kappa shape index (κ3) is 4.35. The van der Waals surface area contributed by atoms with Crippen molar-refractivity contribution in [3.05, 3.63) is 11.4 Å². The van der Waals surface area contributed by atoms with Crippen LogP contribution in [0.1, 0.15) is 39.1 Å². The third-order valence-electron chi connectivity index (χ3n) is 2.80. The Bertz CT molecular complexity index is 413. The molecule has 2 N–H and O–H groups in total. The summed E-state index contributed by atoms with van der Waals surface area (Å²) < 4.78 is 5.33. The van der Waals surface area contributed by atoms with Crippen LogP contribution in [0.5, 0.6) is 0 Å². The molecular weight excluding hydrogens is 240 g/mol. The summed E-state index contributed by atoms with van der Waals surface area (Å²) in [5, 5.41) is 6.45. The first-order chi connectivity index (χ1) is 8.90. The van der Waals surface area contributed by atoms with E-state index in [0.717, 1.165) is 36.2 Å². The quantitative estimate of drug-likeness (QED) is 0.775. The first kappa shape index (κ1) is 15.7. The zero-order valence-electron chi connectivity index (χ0n) is 12.9. The number of hydrogen-bond acceptors (Lipinski definition) is 5. The van der Waals surface area contributed by atoms with Crippen LogP contribution in [-0.2, 0) is 10.2 Å². The molecular formula is C14H26N4O. The lowest BCUT2D eigenvalue weighted by atomic mass is 9.95. The standard InChI is InChI=1S/C14H26N4O/c1-7-19-9-8-16-12-10(2)11(15-6)17-13(18-12)14(3,4)5/h7-9H2,1-6H3,(H2,15,16,17,18).